The number of carbonyl (C=O) groups is 1. The van der Waals surface area contributed by atoms with Crippen LogP contribution >= 0.6 is 0 Å². The summed E-state index contributed by atoms with van der Waals surface area (Å²) in [4.78, 5) is 11.3. The normalized spacial score (nSPS) is 12.3. The first-order valence-corrected chi connectivity index (χ1v) is 9.51. The Kier molecular flexibility index (Phi) is 6.85. The van der Waals surface area contributed by atoms with Gasteiger partial charge in [0.05, 0.1) is 6.61 Å². The Morgan fingerprint density at radius 3 is 2.28 bits per heavy atom. The van der Waals surface area contributed by atoms with Crippen LogP contribution in [0.3, 0.4) is 0 Å². The number of hydrogen-bond donors (Lipinski definition) is 0. The van der Waals surface area contributed by atoms with Gasteiger partial charge in [0.1, 0.15) is 0 Å². The maximum atomic E-state index is 11.3. The largest absolute Gasteiger partial charge is 0.463 e. The molecule has 0 spiro atoms. The van der Waals surface area contributed by atoms with Gasteiger partial charge in [-0.3, -0.25) is 0 Å². The molecular formula is C14H28O3Si. The molecule has 0 aliphatic carbocycles. The van der Waals surface area contributed by atoms with Gasteiger partial charge in [0.25, 0.3) is 0 Å². The van der Waals surface area contributed by atoms with Crippen molar-refractivity contribution >= 4 is 14.3 Å². The van der Waals surface area contributed by atoms with Gasteiger partial charge in [-0.1, -0.05) is 27.4 Å². The molecule has 0 aliphatic heterocycles. The molecule has 0 saturated carbocycles. The van der Waals surface area contributed by atoms with Gasteiger partial charge in [0.2, 0.25) is 0 Å². The van der Waals surface area contributed by atoms with Gasteiger partial charge in [0.15, 0.2) is 8.32 Å². The van der Waals surface area contributed by atoms with Crippen LogP contribution in [0, 0.1) is 0 Å². The van der Waals surface area contributed by atoms with Crippen LogP contribution in [0.1, 0.15) is 40.5 Å². The molecule has 4 heteroatoms. The van der Waals surface area contributed by atoms with Gasteiger partial charge in [-0.2, -0.15) is 0 Å². The summed E-state index contributed by atoms with van der Waals surface area (Å²) < 4.78 is 10.9. The summed E-state index contributed by atoms with van der Waals surface area (Å²) >= 11 is 0. The van der Waals surface area contributed by atoms with Crippen molar-refractivity contribution in [1.29, 1.82) is 0 Å². The lowest BCUT2D eigenvalue weighted by Crippen LogP contribution is -2.40. The van der Waals surface area contributed by atoms with Gasteiger partial charge in [0, 0.05) is 12.2 Å². The fourth-order valence-corrected chi connectivity index (χ4v) is 2.25. The van der Waals surface area contributed by atoms with Crippen LogP contribution in [0.5, 0.6) is 0 Å². The molecule has 0 bridgehead atoms. The van der Waals surface area contributed by atoms with Crippen molar-refractivity contribution in [2.75, 3.05) is 13.2 Å². The minimum Gasteiger partial charge on any atom is -0.463 e. The Bertz CT molecular complexity index is 290. The van der Waals surface area contributed by atoms with E-state index < -0.39 is 8.32 Å². The van der Waals surface area contributed by atoms with Gasteiger partial charge >= 0.3 is 5.97 Å². The van der Waals surface area contributed by atoms with Crippen molar-refractivity contribution in [3.05, 3.63) is 12.2 Å². The van der Waals surface area contributed by atoms with E-state index in [4.69, 9.17) is 9.16 Å². The van der Waals surface area contributed by atoms with Crippen LogP contribution in [0.4, 0.5) is 0 Å². The van der Waals surface area contributed by atoms with Gasteiger partial charge in [-0.05, 0) is 37.9 Å². The van der Waals surface area contributed by atoms with E-state index in [1.807, 2.05) is 0 Å². The second kappa shape index (κ2) is 7.09. The van der Waals surface area contributed by atoms with Crippen molar-refractivity contribution in [3.63, 3.8) is 0 Å². The monoisotopic (exact) mass is 272 g/mol. The maximum absolute atomic E-state index is 11.3. The van der Waals surface area contributed by atoms with Crippen molar-refractivity contribution < 1.29 is 14.0 Å². The van der Waals surface area contributed by atoms with Crippen LogP contribution in [0.25, 0.3) is 0 Å². The quantitative estimate of drug-likeness (QED) is 0.305. The standard InChI is InChI=1S/C14H28O3Si/c1-8-16-13(15)12(2)10-9-11-17-18(6,7)14(3,4)5/h2,8-11H2,1,3-7H3. The lowest BCUT2D eigenvalue weighted by molar-refractivity contribution is -0.138. The predicted molar refractivity (Wildman–Crippen MR) is 78.2 cm³/mol. The Hall–Kier alpha value is -0.613. The molecule has 106 valence electrons. The van der Waals surface area contributed by atoms with Crippen molar-refractivity contribution in [1.82, 2.24) is 0 Å². The second-order valence-electron chi connectivity index (χ2n) is 6.04. The Labute approximate surface area is 113 Å². The van der Waals surface area contributed by atoms with Gasteiger partial charge in [-0.25, -0.2) is 4.79 Å². The van der Waals surface area contributed by atoms with Crippen LogP contribution in [0.2, 0.25) is 18.1 Å². The van der Waals surface area contributed by atoms with Crippen molar-refractivity contribution in [2.24, 2.45) is 0 Å². The molecule has 0 unspecified atom stereocenters. The molecule has 0 heterocycles. The maximum Gasteiger partial charge on any atom is 0.333 e. The first-order valence-electron chi connectivity index (χ1n) is 6.60. The SMILES string of the molecule is C=C(CCCO[Si](C)(C)C(C)(C)C)C(=O)OCC. The Morgan fingerprint density at radius 2 is 1.83 bits per heavy atom. The third-order valence-corrected chi connectivity index (χ3v) is 7.99. The van der Waals surface area contributed by atoms with Gasteiger partial charge in [-0.15, -0.1) is 0 Å². The van der Waals surface area contributed by atoms with Crippen molar-refractivity contribution in [2.45, 2.75) is 58.7 Å². The molecule has 0 amide bonds. The highest BCUT2D eigenvalue weighted by Crippen LogP contribution is 2.36. The first-order chi connectivity index (χ1) is 8.12. The van der Waals surface area contributed by atoms with E-state index in [1.54, 1.807) is 6.92 Å². The molecule has 0 rings (SSSR count). The zero-order valence-corrected chi connectivity index (χ0v) is 13.8. The highest BCUT2D eigenvalue weighted by Gasteiger charge is 2.36. The molecule has 0 N–H and O–H groups in total. The van der Waals surface area contributed by atoms with E-state index >= 15 is 0 Å². The predicted octanol–water partition coefficient (Wildman–Crippen LogP) is 3.91. The highest BCUT2D eigenvalue weighted by atomic mass is 28.4. The molecule has 0 atom stereocenters. The zero-order chi connectivity index (χ0) is 14.4. The summed E-state index contributed by atoms with van der Waals surface area (Å²) in [5.74, 6) is -0.287. The molecule has 0 aliphatic rings. The molecule has 0 fully saturated rings. The number of hydrogen-bond acceptors (Lipinski definition) is 3. The molecule has 0 aromatic rings. The van der Waals surface area contributed by atoms with Crippen LogP contribution in [-0.4, -0.2) is 27.5 Å². The smallest absolute Gasteiger partial charge is 0.333 e. The van der Waals surface area contributed by atoms with E-state index in [9.17, 15) is 4.79 Å². The van der Waals surface area contributed by atoms with E-state index in [-0.39, 0.29) is 11.0 Å². The summed E-state index contributed by atoms with van der Waals surface area (Å²) in [6.07, 6.45) is 1.47. The van der Waals surface area contributed by atoms with Gasteiger partial charge < -0.3 is 9.16 Å². The average molecular weight is 272 g/mol. The van der Waals surface area contributed by atoms with E-state index in [2.05, 4.69) is 40.4 Å². The fourth-order valence-electron chi connectivity index (χ4n) is 1.16. The number of ether oxygens (including phenoxy) is 1. The third kappa shape index (κ3) is 5.82. The van der Waals surface area contributed by atoms with Crippen molar-refractivity contribution in [3.8, 4) is 0 Å². The number of rotatable bonds is 7. The molecule has 0 saturated heterocycles. The number of carbonyl (C=O) groups excluding carboxylic acids is 1. The van der Waals surface area contributed by atoms with E-state index in [1.165, 1.54) is 0 Å². The summed E-state index contributed by atoms with van der Waals surface area (Å²) in [6, 6.07) is 0. The van der Waals surface area contributed by atoms with Crippen LogP contribution in [-0.2, 0) is 14.0 Å². The lowest BCUT2D eigenvalue weighted by atomic mass is 10.2. The average Bonchev–Trinajstić information content (AvgIpc) is 2.22. The molecule has 3 nitrogen and oxygen atoms in total. The molecule has 0 aromatic heterocycles. The summed E-state index contributed by atoms with van der Waals surface area (Å²) in [5.41, 5.74) is 0.538. The van der Waals surface area contributed by atoms with E-state index in [0.717, 1.165) is 6.42 Å². The molecular weight excluding hydrogens is 244 g/mol. The summed E-state index contributed by atoms with van der Waals surface area (Å²) in [5, 5.41) is 0.227. The fraction of sp³-hybridized carbons (Fsp3) is 0.786. The highest BCUT2D eigenvalue weighted by molar-refractivity contribution is 6.74. The lowest BCUT2D eigenvalue weighted by Gasteiger charge is -2.36. The van der Waals surface area contributed by atoms with Crippen LogP contribution in [0.15, 0.2) is 12.2 Å². The van der Waals surface area contributed by atoms with Crippen LogP contribution < -0.4 is 0 Å². The first kappa shape index (κ1) is 17.4. The minimum atomic E-state index is -1.67. The Balaban J connectivity index is 3.94. The topological polar surface area (TPSA) is 35.5 Å². The molecule has 0 radical (unpaired) electrons. The van der Waals surface area contributed by atoms with E-state index in [0.29, 0.717) is 25.2 Å². The Morgan fingerprint density at radius 1 is 1.28 bits per heavy atom. The summed E-state index contributed by atoms with van der Waals surface area (Å²) in [7, 11) is -1.67. The second-order valence-corrected chi connectivity index (χ2v) is 10.8. The third-order valence-electron chi connectivity index (χ3n) is 3.46. The number of esters is 1. The zero-order valence-electron chi connectivity index (χ0n) is 12.8. The molecule has 0 aromatic carbocycles. The summed E-state index contributed by atoms with van der Waals surface area (Å²) in [6.45, 7) is 17.7. The minimum absolute atomic E-state index is 0.227. The molecule has 18 heavy (non-hydrogen) atoms.